The summed E-state index contributed by atoms with van der Waals surface area (Å²) in [4.78, 5) is 14.6. The van der Waals surface area contributed by atoms with E-state index in [0.717, 1.165) is 4.88 Å². The van der Waals surface area contributed by atoms with Gasteiger partial charge in [-0.2, -0.15) is 0 Å². The molecule has 0 saturated heterocycles. The normalized spacial score (nSPS) is 14.0. The van der Waals surface area contributed by atoms with Crippen LogP contribution in [0.15, 0.2) is 23.1 Å². The highest BCUT2D eigenvalue weighted by Crippen LogP contribution is 2.36. The number of sulfonamides is 1. The number of carbonyl (C=O) groups is 1. The highest BCUT2D eigenvalue weighted by molar-refractivity contribution is 7.93. The first-order valence-electron chi connectivity index (χ1n) is 7.61. The smallest absolute Gasteiger partial charge is 0.262 e. The molecule has 25 heavy (non-hydrogen) atoms. The molecule has 0 unspecified atom stereocenters. The Morgan fingerprint density at radius 1 is 1.36 bits per heavy atom. The lowest BCUT2D eigenvalue weighted by Gasteiger charge is -2.28. The van der Waals surface area contributed by atoms with Gasteiger partial charge in [-0.05, 0) is 37.6 Å². The average molecular weight is 381 g/mol. The zero-order chi connectivity index (χ0) is 18.4. The molecule has 2 aromatic rings. The van der Waals surface area contributed by atoms with Crippen molar-refractivity contribution < 1.29 is 17.9 Å². The second-order valence-corrected chi connectivity index (χ2v) is 8.76. The standard InChI is InChI=1S/C16H19N3O4S2/c1-9-10(2)24-16(14(9)15(17)20)18-25(21,22)11-4-5-13-12(8-11)19(3)6-7-23-13/h4-5,8,18H,6-7H2,1-3H3,(H2,17,20). The Balaban J connectivity index is 2.00. The lowest BCUT2D eigenvalue weighted by Crippen LogP contribution is -2.29. The fourth-order valence-corrected chi connectivity index (χ4v) is 5.07. The van der Waals surface area contributed by atoms with Crippen molar-refractivity contribution in [3.8, 4) is 5.75 Å². The SMILES string of the molecule is Cc1sc(NS(=O)(=O)c2ccc3c(c2)N(C)CCO3)c(C(N)=O)c1C. The number of benzene rings is 1. The second-order valence-electron chi connectivity index (χ2n) is 5.86. The van der Waals surface area contributed by atoms with Gasteiger partial charge in [-0.15, -0.1) is 11.3 Å². The van der Waals surface area contributed by atoms with Crippen molar-refractivity contribution >= 4 is 38.0 Å². The van der Waals surface area contributed by atoms with E-state index in [1.54, 1.807) is 19.1 Å². The zero-order valence-electron chi connectivity index (χ0n) is 14.1. The van der Waals surface area contributed by atoms with Crippen molar-refractivity contribution in [2.45, 2.75) is 18.7 Å². The summed E-state index contributed by atoms with van der Waals surface area (Å²) >= 11 is 1.19. The molecule has 0 spiro atoms. The molecule has 1 amide bonds. The van der Waals surface area contributed by atoms with Crippen molar-refractivity contribution in [2.24, 2.45) is 5.73 Å². The lowest BCUT2D eigenvalue weighted by atomic mass is 10.1. The molecule has 134 valence electrons. The average Bonchev–Trinajstić information content (AvgIpc) is 2.81. The zero-order valence-corrected chi connectivity index (χ0v) is 15.8. The van der Waals surface area contributed by atoms with Gasteiger partial charge in [0.15, 0.2) is 0 Å². The maximum atomic E-state index is 12.8. The number of likely N-dealkylation sites (N-methyl/N-ethyl adjacent to an activating group) is 1. The minimum atomic E-state index is -3.86. The van der Waals surface area contributed by atoms with Crippen LogP contribution >= 0.6 is 11.3 Å². The summed E-state index contributed by atoms with van der Waals surface area (Å²) < 4.78 is 33.6. The molecule has 0 aliphatic carbocycles. The van der Waals surface area contributed by atoms with E-state index >= 15 is 0 Å². The largest absolute Gasteiger partial charge is 0.490 e. The fraction of sp³-hybridized carbons (Fsp3) is 0.312. The predicted octanol–water partition coefficient (Wildman–Crippen LogP) is 2.09. The van der Waals surface area contributed by atoms with Gasteiger partial charge in [0.25, 0.3) is 15.9 Å². The van der Waals surface area contributed by atoms with Gasteiger partial charge in [-0.1, -0.05) is 0 Å². The maximum Gasteiger partial charge on any atom is 0.262 e. The molecule has 7 nitrogen and oxygen atoms in total. The molecule has 0 fully saturated rings. The van der Waals surface area contributed by atoms with Crippen molar-refractivity contribution in [3.63, 3.8) is 0 Å². The van der Waals surface area contributed by atoms with Crippen LogP contribution in [0.4, 0.5) is 10.7 Å². The van der Waals surface area contributed by atoms with Crippen LogP contribution in [0.25, 0.3) is 0 Å². The van der Waals surface area contributed by atoms with Gasteiger partial charge in [-0.3, -0.25) is 9.52 Å². The number of fused-ring (bicyclic) bond motifs is 1. The third kappa shape index (κ3) is 3.16. The molecule has 1 aromatic carbocycles. The van der Waals surface area contributed by atoms with Gasteiger partial charge >= 0.3 is 0 Å². The molecule has 2 heterocycles. The molecule has 0 radical (unpaired) electrons. The van der Waals surface area contributed by atoms with E-state index in [0.29, 0.717) is 30.2 Å². The molecule has 1 aliphatic heterocycles. The van der Waals surface area contributed by atoms with Crippen molar-refractivity contribution in [2.75, 3.05) is 29.8 Å². The third-order valence-electron chi connectivity index (χ3n) is 4.19. The Morgan fingerprint density at radius 3 is 2.76 bits per heavy atom. The van der Waals surface area contributed by atoms with Crippen molar-refractivity contribution in [3.05, 3.63) is 34.2 Å². The first-order chi connectivity index (χ1) is 11.7. The number of ether oxygens (including phenoxy) is 1. The van der Waals surface area contributed by atoms with Gasteiger partial charge in [0.2, 0.25) is 0 Å². The Bertz CT molecular complexity index is 951. The highest BCUT2D eigenvalue weighted by Gasteiger charge is 2.25. The summed E-state index contributed by atoms with van der Waals surface area (Å²) in [5, 5.41) is 0.241. The van der Waals surface area contributed by atoms with Crippen molar-refractivity contribution in [1.82, 2.24) is 0 Å². The van der Waals surface area contributed by atoms with E-state index in [1.165, 1.54) is 17.4 Å². The summed E-state index contributed by atoms with van der Waals surface area (Å²) in [5.74, 6) is -0.00791. The van der Waals surface area contributed by atoms with Crippen LogP contribution < -0.4 is 20.1 Å². The number of anilines is 2. The second kappa shape index (κ2) is 6.23. The lowest BCUT2D eigenvalue weighted by molar-refractivity contribution is 0.100. The number of rotatable bonds is 4. The van der Waals surface area contributed by atoms with E-state index in [4.69, 9.17) is 10.5 Å². The summed E-state index contributed by atoms with van der Waals surface area (Å²) in [7, 11) is -1.98. The van der Waals surface area contributed by atoms with Crippen LogP contribution in [-0.4, -0.2) is 34.5 Å². The number of nitrogens with two attached hydrogens (primary N) is 1. The maximum absolute atomic E-state index is 12.8. The molecule has 9 heteroatoms. The number of aryl methyl sites for hydroxylation is 1. The minimum absolute atomic E-state index is 0.0997. The van der Waals surface area contributed by atoms with Crippen molar-refractivity contribution in [1.29, 1.82) is 0 Å². The minimum Gasteiger partial charge on any atom is -0.490 e. The number of amides is 1. The number of nitrogens with zero attached hydrogens (tertiary/aromatic N) is 1. The number of thiophene rings is 1. The van der Waals surface area contributed by atoms with Gasteiger partial charge in [-0.25, -0.2) is 8.42 Å². The van der Waals surface area contributed by atoms with E-state index in [2.05, 4.69) is 4.72 Å². The summed E-state index contributed by atoms with van der Waals surface area (Å²) in [6, 6.07) is 4.69. The Morgan fingerprint density at radius 2 is 2.08 bits per heavy atom. The topological polar surface area (TPSA) is 102 Å². The number of carbonyl (C=O) groups excluding carboxylic acids is 1. The number of primary amides is 1. The quantitative estimate of drug-likeness (QED) is 0.844. The van der Waals surface area contributed by atoms with Crippen LogP contribution in [-0.2, 0) is 10.0 Å². The van der Waals surface area contributed by atoms with Crippen LogP contribution in [0.1, 0.15) is 20.8 Å². The fourth-order valence-electron chi connectivity index (χ4n) is 2.67. The molecule has 3 N–H and O–H groups in total. The first-order valence-corrected chi connectivity index (χ1v) is 9.91. The third-order valence-corrected chi connectivity index (χ3v) is 6.79. The van der Waals surface area contributed by atoms with Crippen LogP contribution in [0.5, 0.6) is 5.75 Å². The Hall–Kier alpha value is -2.26. The first kappa shape index (κ1) is 17.6. The highest BCUT2D eigenvalue weighted by atomic mass is 32.2. The molecule has 0 atom stereocenters. The number of nitrogens with one attached hydrogen (secondary N) is 1. The van der Waals surface area contributed by atoms with Crippen LogP contribution in [0.3, 0.4) is 0 Å². The van der Waals surface area contributed by atoms with E-state index in [9.17, 15) is 13.2 Å². The van der Waals surface area contributed by atoms with Crippen LogP contribution in [0.2, 0.25) is 0 Å². The summed E-state index contributed by atoms with van der Waals surface area (Å²) in [5.41, 5.74) is 7.02. The van der Waals surface area contributed by atoms with Gasteiger partial charge in [0, 0.05) is 11.9 Å². The Kier molecular flexibility index (Phi) is 4.38. The monoisotopic (exact) mass is 381 g/mol. The number of hydrogen-bond donors (Lipinski definition) is 2. The molecular weight excluding hydrogens is 362 g/mol. The Labute approximate surface area is 150 Å². The van der Waals surface area contributed by atoms with E-state index in [1.807, 2.05) is 18.9 Å². The molecule has 0 bridgehead atoms. The summed E-state index contributed by atoms with van der Waals surface area (Å²) in [6.07, 6.45) is 0. The number of hydrogen-bond acceptors (Lipinski definition) is 6. The molecule has 0 saturated carbocycles. The molecule has 3 rings (SSSR count). The van der Waals surface area contributed by atoms with E-state index in [-0.39, 0.29) is 15.5 Å². The van der Waals surface area contributed by atoms with Crippen LogP contribution in [0, 0.1) is 13.8 Å². The van der Waals surface area contributed by atoms with Gasteiger partial charge < -0.3 is 15.4 Å². The van der Waals surface area contributed by atoms with Gasteiger partial charge in [0.1, 0.15) is 17.4 Å². The molecule has 1 aromatic heterocycles. The predicted molar refractivity (Wildman–Crippen MR) is 98.3 cm³/mol. The molecular formula is C16H19N3O4S2. The van der Waals surface area contributed by atoms with Gasteiger partial charge in [0.05, 0.1) is 22.7 Å². The summed E-state index contributed by atoms with van der Waals surface area (Å²) in [6.45, 7) is 4.80. The van der Waals surface area contributed by atoms with E-state index < -0.39 is 15.9 Å². The molecule has 1 aliphatic rings.